The van der Waals surface area contributed by atoms with Gasteiger partial charge in [-0.25, -0.2) is 0 Å². The fourth-order valence-electron chi connectivity index (χ4n) is 3.54. The van der Waals surface area contributed by atoms with Crippen LogP contribution >= 0.6 is 0 Å². The summed E-state index contributed by atoms with van der Waals surface area (Å²) in [4.78, 5) is 12.6. The van der Waals surface area contributed by atoms with Crippen LogP contribution in [-0.4, -0.2) is 10.5 Å². The van der Waals surface area contributed by atoms with Crippen molar-refractivity contribution >= 4 is 5.91 Å². The van der Waals surface area contributed by atoms with Crippen LogP contribution in [0, 0.1) is 13.8 Å². The van der Waals surface area contributed by atoms with E-state index in [0.29, 0.717) is 5.76 Å². The van der Waals surface area contributed by atoms with Gasteiger partial charge in [0.15, 0.2) is 5.76 Å². The normalized spacial score (nSPS) is 11.8. The molecule has 0 bridgehead atoms. The smallest absolute Gasteiger partial charge is 0.287 e. The van der Waals surface area contributed by atoms with E-state index in [9.17, 15) is 4.79 Å². The number of carbonyl (C=O) groups is 1. The van der Waals surface area contributed by atoms with Crippen LogP contribution in [0.25, 0.3) is 5.69 Å². The Labute approximate surface area is 182 Å². The molecule has 1 amide bonds. The fraction of sp³-hybridized carbons (Fsp3) is 0.192. The highest BCUT2D eigenvalue weighted by Crippen LogP contribution is 2.20. The van der Waals surface area contributed by atoms with E-state index in [2.05, 4.69) is 11.4 Å². The molecule has 2 aromatic heterocycles. The summed E-state index contributed by atoms with van der Waals surface area (Å²) in [5.74, 6) is 1.42. The van der Waals surface area contributed by atoms with Crippen LogP contribution in [0.2, 0.25) is 0 Å². The average molecular weight is 415 g/mol. The van der Waals surface area contributed by atoms with Crippen molar-refractivity contribution in [3.63, 3.8) is 0 Å². The van der Waals surface area contributed by atoms with Crippen LogP contribution in [0.4, 0.5) is 0 Å². The van der Waals surface area contributed by atoms with E-state index in [1.54, 1.807) is 12.1 Å². The maximum atomic E-state index is 12.6. The molecule has 1 atom stereocenters. The lowest BCUT2D eigenvalue weighted by molar-refractivity contribution is 0.0907. The number of hydrogen-bond donors (Lipinski definition) is 1. The third-order valence-corrected chi connectivity index (χ3v) is 5.11. The summed E-state index contributed by atoms with van der Waals surface area (Å²) in [7, 11) is 0. The fourth-order valence-corrected chi connectivity index (χ4v) is 3.54. The Morgan fingerprint density at radius 2 is 1.68 bits per heavy atom. The van der Waals surface area contributed by atoms with Crippen molar-refractivity contribution in [2.45, 2.75) is 33.4 Å². The van der Waals surface area contributed by atoms with Crippen molar-refractivity contribution in [2.24, 2.45) is 0 Å². The van der Waals surface area contributed by atoms with Crippen molar-refractivity contribution in [2.75, 3.05) is 0 Å². The Balaban J connectivity index is 1.35. The summed E-state index contributed by atoms with van der Waals surface area (Å²) in [6.07, 6.45) is 4.00. The number of carbonyl (C=O) groups excluding carboxylic acids is 1. The van der Waals surface area contributed by atoms with Crippen LogP contribution in [-0.2, 0) is 6.61 Å². The van der Waals surface area contributed by atoms with Gasteiger partial charge in [-0.05, 0) is 86.0 Å². The van der Waals surface area contributed by atoms with E-state index in [1.165, 1.54) is 0 Å². The molecule has 1 N–H and O–H groups in total. The molecule has 0 saturated heterocycles. The first-order chi connectivity index (χ1) is 15.0. The van der Waals surface area contributed by atoms with Crippen LogP contribution in [0.1, 0.15) is 46.0 Å². The Bertz CT molecular complexity index is 1140. The first-order valence-corrected chi connectivity index (χ1v) is 10.3. The standard InChI is InChI=1S/C26H26N2O3/c1-18-14-19(2)16-24(15-18)30-17-23-10-11-25(31-23)26(29)27-20(3)21-6-8-22(9-7-21)28-12-4-5-13-28/h4-16,20H,17H2,1-3H3,(H,27,29). The predicted molar refractivity (Wildman–Crippen MR) is 121 cm³/mol. The zero-order chi connectivity index (χ0) is 21.8. The van der Waals surface area contributed by atoms with Gasteiger partial charge in [-0.15, -0.1) is 0 Å². The Hall–Kier alpha value is -3.73. The number of amides is 1. The van der Waals surface area contributed by atoms with Crippen molar-refractivity contribution in [3.8, 4) is 11.4 Å². The van der Waals surface area contributed by atoms with Crippen molar-refractivity contribution < 1.29 is 13.9 Å². The zero-order valence-corrected chi connectivity index (χ0v) is 18.0. The van der Waals surface area contributed by atoms with Gasteiger partial charge >= 0.3 is 0 Å². The minimum atomic E-state index is -0.250. The van der Waals surface area contributed by atoms with Crippen molar-refractivity contribution in [1.82, 2.24) is 9.88 Å². The second kappa shape index (κ2) is 8.96. The number of hydrogen-bond acceptors (Lipinski definition) is 3. The van der Waals surface area contributed by atoms with E-state index in [1.807, 2.05) is 86.3 Å². The highest BCUT2D eigenvalue weighted by Gasteiger charge is 2.15. The molecule has 0 aliphatic rings. The lowest BCUT2D eigenvalue weighted by Gasteiger charge is -2.14. The zero-order valence-electron chi connectivity index (χ0n) is 18.0. The van der Waals surface area contributed by atoms with E-state index < -0.39 is 0 Å². The van der Waals surface area contributed by atoms with Gasteiger partial charge in [0.1, 0.15) is 18.1 Å². The number of aromatic nitrogens is 1. The summed E-state index contributed by atoms with van der Waals surface area (Å²) in [5, 5.41) is 2.99. The molecule has 2 aromatic carbocycles. The second-order valence-electron chi connectivity index (χ2n) is 7.76. The Morgan fingerprint density at radius 1 is 1.00 bits per heavy atom. The van der Waals surface area contributed by atoms with E-state index in [0.717, 1.165) is 28.1 Å². The van der Waals surface area contributed by atoms with Crippen molar-refractivity contribution in [3.05, 3.63) is 107 Å². The highest BCUT2D eigenvalue weighted by molar-refractivity contribution is 5.91. The SMILES string of the molecule is Cc1cc(C)cc(OCc2ccc(C(=O)NC(C)c3ccc(-n4cccc4)cc3)o2)c1. The predicted octanol–water partition coefficient (Wildman–Crippen LogP) is 5.76. The highest BCUT2D eigenvalue weighted by atomic mass is 16.5. The van der Waals surface area contributed by atoms with Gasteiger partial charge in [-0.2, -0.15) is 0 Å². The average Bonchev–Trinajstić information content (AvgIpc) is 3.44. The van der Waals surface area contributed by atoms with Crippen LogP contribution in [0.3, 0.4) is 0 Å². The quantitative estimate of drug-likeness (QED) is 0.418. The van der Waals surface area contributed by atoms with Gasteiger partial charge in [0.05, 0.1) is 6.04 Å². The molecule has 0 radical (unpaired) electrons. The van der Waals surface area contributed by atoms with Crippen LogP contribution < -0.4 is 10.1 Å². The maximum absolute atomic E-state index is 12.6. The minimum absolute atomic E-state index is 0.147. The molecule has 31 heavy (non-hydrogen) atoms. The van der Waals surface area contributed by atoms with Gasteiger partial charge in [0.2, 0.25) is 0 Å². The van der Waals surface area contributed by atoms with Crippen LogP contribution in [0.5, 0.6) is 5.75 Å². The maximum Gasteiger partial charge on any atom is 0.287 e. The lowest BCUT2D eigenvalue weighted by atomic mass is 10.1. The van der Waals surface area contributed by atoms with Gasteiger partial charge < -0.3 is 19.0 Å². The summed E-state index contributed by atoms with van der Waals surface area (Å²) in [6.45, 7) is 6.29. The molecule has 4 rings (SSSR count). The number of nitrogens with one attached hydrogen (secondary N) is 1. The molecular weight excluding hydrogens is 388 g/mol. The third-order valence-electron chi connectivity index (χ3n) is 5.11. The van der Waals surface area contributed by atoms with Crippen molar-refractivity contribution in [1.29, 1.82) is 0 Å². The van der Waals surface area contributed by atoms with Crippen LogP contribution in [0.15, 0.2) is 83.5 Å². The first-order valence-electron chi connectivity index (χ1n) is 10.3. The van der Waals surface area contributed by atoms with E-state index >= 15 is 0 Å². The molecule has 0 aliphatic heterocycles. The third kappa shape index (κ3) is 5.07. The Kier molecular flexibility index (Phi) is 5.94. The summed E-state index contributed by atoms with van der Waals surface area (Å²) in [5.41, 5.74) is 4.38. The number of benzene rings is 2. The van der Waals surface area contributed by atoms with E-state index in [-0.39, 0.29) is 24.3 Å². The molecule has 0 aliphatic carbocycles. The number of nitrogens with zero attached hydrogens (tertiary/aromatic N) is 1. The molecule has 158 valence electrons. The summed E-state index contributed by atoms with van der Waals surface area (Å²) < 4.78 is 13.5. The molecule has 5 heteroatoms. The van der Waals surface area contributed by atoms with Gasteiger partial charge in [0.25, 0.3) is 5.91 Å². The first kappa shape index (κ1) is 20.5. The number of ether oxygens (including phenoxy) is 1. The number of aryl methyl sites for hydroxylation is 2. The minimum Gasteiger partial charge on any atom is -0.486 e. The molecule has 0 saturated carbocycles. The molecule has 4 aromatic rings. The lowest BCUT2D eigenvalue weighted by Crippen LogP contribution is -2.26. The van der Waals surface area contributed by atoms with Gasteiger partial charge in [0, 0.05) is 18.1 Å². The van der Waals surface area contributed by atoms with Gasteiger partial charge in [-0.1, -0.05) is 18.2 Å². The largest absolute Gasteiger partial charge is 0.486 e. The summed E-state index contributed by atoms with van der Waals surface area (Å²) in [6, 6.07) is 21.4. The Morgan fingerprint density at radius 3 is 2.35 bits per heavy atom. The topological polar surface area (TPSA) is 56.4 Å². The molecule has 2 heterocycles. The molecule has 5 nitrogen and oxygen atoms in total. The van der Waals surface area contributed by atoms with Gasteiger partial charge in [-0.3, -0.25) is 4.79 Å². The monoisotopic (exact) mass is 414 g/mol. The number of rotatable bonds is 7. The molecule has 0 spiro atoms. The molecule has 1 unspecified atom stereocenters. The van der Waals surface area contributed by atoms with E-state index in [4.69, 9.17) is 9.15 Å². The molecular formula is C26H26N2O3. The summed E-state index contributed by atoms with van der Waals surface area (Å²) >= 11 is 0. The number of furan rings is 1. The second-order valence-corrected chi connectivity index (χ2v) is 7.76. The molecule has 0 fully saturated rings.